The third-order valence-corrected chi connectivity index (χ3v) is 8.82. The highest BCUT2D eigenvalue weighted by molar-refractivity contribution is 7.91. The van der Waals surface area contributed by atoms with Gasteiger partial charge in [0.1, 0.15) is 10.0 Å². The summed E-state index contributed by atoms with van der Waals surface area (Å²) in [4.78, 5) is 14.8. The van der Waals surface area contributed by atoms with E-state index in [4.69, 9.17) is 11.6 Å². The number of carbonyl (C=O) groups excluding carboxylic acids is 1. The molecule has 2 aromatic rings. The Balaban J connectivity index is 1.45. The SMILES string of the molecule is O=C(N1CCN(S(=O)(=O)c2ccc(Cl)s2)CC1)C1(c2ccc(F)cc2)CC1. The van der Waals surface area contributed by atoms with Gasteiger partial charge in [0.25, 0.3) is 10.0 Å². The van der Waals surface area contributed by atoms with E-state index in [2.05, 4.69) is 0 Å². The molecule has 0 bridgehead atoms. The molecule has 1 saturated carbocycles. The summed E-state index contributed by atoms with van der Waals surface area (Å²) in [7, 11) is -3.58. The van der Waals surface area contributed by atoms with Crippen LogP contribution in [0.2, 0.25) is 4.34 Å². The van der Waals surface area contributed by atoms with Crippen LogP contribution in [-0.4, -0.2) is 49.7 Å². The van der Waals surface area contributed by atoms with Crippen molar-refractivity contribution < 1.29 is 17.6 Å². The van der Waals surface area contributed by atoms with E-state index >= 15 is 0 Å². The molecular weight excluding hydrogens is 411 g/mol. The Labute approximate surface area is 166 Å². The van der Waals surface area contributed by atoms with Crippen LogP contribution in [0.25, 0.3) is 0 Å². The zero-order chi connectivity index (χ0) is 19.2. The van der Waals surface area contributed by atoms with Crippen LogP contribution < -0.4 is 0 Å². The highest BCUT2D eigenvalue weighted by atomic mass is 35.5. The first-order chi connectivity index (χ1) is 12.8. The molecule has 2 heterocycles. The molecule has 1 amide bonds. The summed E-state index contributed by atoms with van der Waals surface area (Å²) in [6.07, 6.45) is 1.48. The van der Waals surface area contributed by atoms with Gasteiger partial charge in [0.05, 0.1) is 9.75 Å². The number of hydrogen-bond acceptors (Lipinski definition) is 4. The smallest absolute Gasteiger partial charge is 0.252 e. The van der Waals surface area contributed by atoms with E-state index in [1.165, 1.54) is 22.5 Å². The van der Waals surface area contributed by atoms with Gasteiger partial charge in [-0.3, -0.25) is 4.79 Å². The second kappa shape index (κ2) is 6.84. The predicted molar refractivity (Wildman–Crippen MR) is 102 cm³/mol. The van der Waals surface area contributed by atoms with Crippen LogP contribution in [0.15, 0.2) is 40.6 Å². The van der Waals surface area contributed by atoms with Gasteiger partial charge in [0, 0.05) is 26.2 Å². The third-order valence-electron chi connectivity index (χ3n) is 5.22. The average Bonchev–Trinajstić information content (AvgIpc) is 3.36. The highest BCUT2D eigenvalue weighted by Gasteiger charge is 2.53. The lowest BCUT2D eigenvalue weighted by Gasteiger charge is -2.35. The van der Waals surface area contributed by atoms with Gasteiger partial charge in [-0.2, -0.15) is 4.31 Å². The molecule has 0 N–H and O–H groups in total. The van der Waals surface area contributed by atoms with Gasteiger partial charge in [0.15, 0.2) is 0 Å². The minimum atomic E-state index is -3.58. The quantitative estimate of drug-likeness (QED) is 0.751. The predicted octanol–water partition coefficient (Wildman–Crippen LogP) is 3.11. The molecule has 1 aromatic heterocycles. The van der Waals surface area contributed by atoms with E-state index in [-0.39, 0.29) is 29.0 Å². The molecule has 5 nitrogen and oxygen atoms in total. The van der Waals surface area contributed by atoms with Crippen molar-refractivity contribution in [3.05, 3.63) is 52.1 Å². The summed E-state index contributed by atoms with van der Waals surface area (Å²) in [5, 5.41) is 0. The number of thiophene rings is 1. The Morgan fingerprint density at radius 2 is 1.67 bits per heavy atom. The van der Waals surface area contributed by atoms with Crippen molar-refractivity contribution in [2.45, 2.75) is 22.5 Å². The summed E-state index contributed by atoms with van der Waals surface area (Å²) in [6, 6.07) is 9.16. The number of amides is 1. The molecule has 9 heteroatoms. The lowest BCUT2D eigenvalue weighted by Crippen LogP contribution is -2.52. The van der Waals surface area contributed by atoms with Gasteiger partial charge in [-0.15, -0.1) is 11.3 Å². The summed E-state index contributed by atoms with van der Waals surface area (Å²) in [5.41, 5.74) is 0.257. The largest absolute Gasteiger partial charge is 0.339 e. The van der Waals surface area contributed by atoms with Gasteiger partial charge in [-0.1, -0.05) is 23.7 Å². The number of benzene rings is 1. The molecule has 1 aliphatic heterocycles. The number of sulfonamides is 1. The van der Waals surface area contributed by atoms with Crippen LogP contribution >= 0.6 is 22.9 Å². The fourth-order valence-corrected chi connectivity index (χ4v) is 6.58. The van der Waals surface area contributed by atoms with Crippen molar-refractivity contribution in [2.24, 2.45) is 0 Å². The molecule has 0 atom stereocenters. The molecule has 1 aliphatic carbocycles. The normalized spacial score (nSPS) is 19.9. The number of piperazine rings is 1. The van der Waals surface area contributed by atoms with Gasteiger partial charge >= 0.3 is 0 Å². The molecule has 2 aliphatic rings. The van der Waals surface area contributed by atoms with Crippen LogP contribution in [0.5, 0.6) is 0 Å². The molecule has 1 aromatic carbocycles. The summed E-state index contributed by atoms with van der Waals surface area (Å²) in [5.74, 6) is -0.320. The fraction of sp³-hybridized carbons (Fsp3) is 0.389. The molecule has 0 radical (unpaired) electrons. The number of halogens is 2. The molecular formula is C18H18ClFN2O3S2. The standard InChI is InChI=1S/C18H18ClFN2O3S2/c19-15-5-6-16(26-15)27(24,25)22-11-9-21(10-12-22)17(23)18(7-8-18)13-1-3-14(20)4-2-13/h1-6H,7-12H2. The molecule has 0 unspecified atom stereocenters. The minimum absolute atomic E-state index is 0.00493. The van der Waals surface area contributed by atoms with E-state index in [1.807, 2.05) is 0 Å². The summed E-state index contributed by atoms with van der Waals surface area (Å²) in [6.45, 7) is 1.20. The molecule has 2 fully saturated rings. The molecule has 144 valence electrons. The number of rotatable bonds is 4. The van der Waals surface area contributed by atoms with Crippen LogP contribution in [0.1, 0.15) is 18.4 Å². The molecule has 27 heavy (non-hydrogen) atoms. The van der Waals surface area contributed by atoms with Gasteiger partial charge in [-0.05, 0) is 42.7 Å². The van der Waals surface area contributed by atoms with E-state index in [0.29, 0.717) is 17.4 Å². The van der Waals surface area contributed by atoms with E-state index in [9.17, 15) is 17.6 Å². The lowest BCUT2D eigenvalue weighted by atomic mass is 9.94. The van der Waals surface area contributed by atoms with Crippen LogP contribution in [0.4, 0.5) is 4.39 Å². The van der Waals surface area contributed by atoms with Gasteiger partial charge in [-0.25, -0.2) is 12.8 Å². The summed E-state index contributed by atoms with van der Waals surface area (Å²) < 4.78 is 40.6. The first kappa shape index (κ1) is 18.9. The minimum Gasteiger partial charge on any atom is -0.339 e. The first-order valence-electron chi connectivity index (χ1n) is 8.64. The Bertz CT molecular complexity index is 963. The number of carbonyl (C=O) groups is 1. The Hall–Kier alpha value is -1.48. The van der Waals surface area contributed by atoms with Gasteiger partial charge < -0.3 is 4.90 Å². The molecule has 4 rings (SSSR count). The first-order valence-corrected chi connectivity index (χ1v) is 11.3. The summed E-state index contributed by atoms with van der Waals surface area (Å²) >= 11 is 6.89. The van der Waals surface area contributed by atoms with E-state index in [0.717, 1.165) is 29.7 Å². The maximum Gasteiger partial charge on any atom is 0.252 e. The maximum absolute atomic E-state index is 13.2. The van der Waals surface area contributed by atoms with Crippen molar-refractivity contribution in [1.82, 2.24) is 9.21 Å². The van der Waals surface area contributed by atoms with E-state index < -0.39 is 15.4 Å². The van der Waals surface area contributed by atoms with Crippen LogP contribution in [0.3, 0.4) is 0 Å². The highest BCUT2D eigenvalue weighted by Crippen LogP contribution is 2.49. The van der Waals surface area contributed by atoms with Crippen LogP contribution in [-0.2, 0) is 20.2 Å². The molecule has 0 spiro atoms. The average molecular weight is 429 g/mol. The second-order valence-electron chi connectivity index (χ2n) is 6.84. The Morgan fingerprint density at radius 1 is 1.04 bits per heavy atom. The Kier molecular flexibility index (Phi) is 4.78. The Morgan fingerprint density at radius 3 is 2.19 bits per heavy atom. The molecule has 1 saturated heterocycles. The zero-order valence-corrected chi connectivity index (χ0v) is 16.8. The third kappa shape index (κ3) is 3.40. The van der Waals surface area contributed by atoms with Crippen molar-refractivity contribution in [3.8, 4) is 0 Å². The van der Waals surface area contributed by atoms with E-state index in [1.54, 1.807) is 23.1 Å². The monoisotopic (exact) mass is 428 g/mol. The second-order valence-corrected chi connectivity index (χ2v) is 10.7. The lowest BCUT2D eigenvalue weighted by molar-refractivity contribution is -0.135. The van der Waals surface area contributed by atoms with Crippen molar-refractivity contribution in [1.29, 1.82) is 0 Å². The van der Waals surface area contributed by atoms with Gasteiger partial charge in [0.2, 0.25) is 5.91 Å². The zero-order valence-electron chi connectivity index (χ0n) is 14.4. The maximum atomic E-state index is 13.2. The van der Waals surface area contributed by atoms with Crippen molar-refractivity contribution >= 4 is 38.9 Å². The van der Waals surface area contributed by atoms with Crippen molar-refractivity contribution in [3.63, 3.8) is 0 Å². The number of hydrogen-bond donors (Lipinski definition) is 0. The number of nitrogens with zero attached hydrogens (tertiary/aromatic N) is 2. The van der Waals surface area contributed by atoms with Crippen LogP contribution in [0, 0.1) is 5.82 Å². The fourth-order valence-electron chi connectivity index (χ4n) is 3.52. The topological polar surface area (TPSA) is 57.7 Å². The van der Waals surface area contributed by atoms with Crippen molar-refractivity contribution in [2.75, 3.05) is 26.2 Å².